The molecule has 0 amide bonds. The molecule has 32 heavy (non-hydrogen) atoms. The van der Waals surface area contributed by atoms with Gasteiger partial charge < -0.3 is 9.47 Å². The van der Waals surface area contributed by atoms with Crippen molar-refractivity contribution >= 4 is 10.8 Å². The van der Waals surface area contributed by atoms with Gasteiger partial charge in [-0.2, -0.15) is 5.10 Å². The first-order chi connectivity index (χ1) is 15.8. The fourth-order valence-corrected chi connectivity index (χ4v) is 4.36. The van der Waals surface area contributed by atoms with E-state index in [0.29, 0.717) is 12.7 Å². The Balaban J connectivity index is 1.21. The summed E-state index contributed by atoms with van der Waals surface area (Å²) in [4.78, 5) is 6.65. The third-order valence-corrected chi connectivity index (χ3v) is 6.19. The summed E-state index contributed by atoms with van der Waals surface area (Å²) in [6.45, 7) is 3.58. The lowest BCUT2D eigenvalue weighted by molar-refractivity contribution is -0.00400. The van der Waals surface area contributed by atoms with Crippen LogP contribution < -0.4 is 4.74 Å². The van der Waals surface area contributed by atoms with E-state index in [1.807, 2.05) is 24.5 Å². The minimum Gasteiger partial charge on any atom is -0.497 e. The zero-order valence-corrected chi connectivity index (χ0v) is 18.3. The van der Waals surface area contributed by atoms with E-state index in [1.165, 1.54) is 16.3 Å². The van der Waals surface area contributed by atoms with Gasteiger partial charge in [0, 0.05) is 43.2 Å². The first-order valence-corrected chi connectivity index (χ1v) is 11.1. The highest BCUT2D eigenvalue weighted by Crippen LogP contribution is 2.29. The van der Waals surface area contributed by atoms with Crippen LogP contribution in [0.2, 0.25) is 0 Å². The van der Waals surface area contributed by atoms with E-state index in [9.17, 15) is 0 Å². The first-order valence-electron chi connectivity index (χ1n) is 11.1. The second-order valence-electron chi connectivity index (χ2n) is 8.35. The molecule has 5 rings (SSSR count). The van der Waals surface area contributed by atoms with Crippen molar-refractivity contribution in [1.82, 2.24) is 20.1 Å². The van der Waals surface area contributed by atoms with Crippen molar-refractivity contribution in [2.75, 3.05) is 20.2 Å². The van der Waals surface area contributed by atoms with E-state index in [4.69, 9.17) is 9.47 Å². The fraction of sp³-hybridized carbons (Fsp3) is 0.308. The van der Waals surface area contributed by atoms with Gasteiger partial charge in [0.2, 0.25) is 0 Å². The van der Waals surface area contributed by atoms with E-state index >= 15 is 0 Å². The number of ether oxygens (including phenoxy) is 2. The average molecular weight is 429 g/mol. The fourth-order valence-electron chi connectivity index (χ4n) is 4.36. The van der Waals surface area contributed by atoms with Crippen molar-refractivity contribution in [3.8, 4) is 17.0 Å². The number of aromatic amines is 1. The number of fused-ring (bicyclic) bond motifs is 1. The number of piperidine rings is 1. The Hall–Kier alpha value is -3.22. The summed E-state index contributed by atoms with van der Waals surface area (Å²) in [5.74, 6) is 0.875. The van der Waals surface area contributed by atoms with E-state index in [1.54, 1.807) is 13.3 Å². The van der Waals surface area contributed by atoms with Crippen molar-refractivity contribution < 1.29 is 9.47 Å². The second kappa shape index (κ2) is 9.51. The van der Waals surface area contributed by atoms with Crippen molar-refractivity contribution in [2.45, 2.75) is 32.1 Å². The molecule has 1 aliphatic rings. The molecule has 0 radical (unpaired) electrons. The van der Waals surface area contributed by atoms with Gasteiger partial charge in [0.15, 0.2) is 0 Å². The molecular formula is C26H28N4O2. The Kier molecular flexibility index (Phi) is 6.14. The molecule has 1 N–H and O–H groups in total. The number of hydrogen-bond acceptors (Lipinski definition) is 5. The number of rotatable bonds is 7. The van der Waals surface area contributed by atoms with Gasteiger partial charge in [-0.1, -0.05) is 24.3 Å². The molecular weight excluding hydrogens is 400 g/mol. The maximum absolute atomic E-state index is 6.11. The second-order valence-corrected chi connectivity index (χ2v) is 8.35. The number of benzene rings is 2. The number of H-pyrrole nitrogens is 1. The number of aromatic nitrogens is 3. The highest BCUT2D eigenvalue weighted by Gasteiger charge is 2.21. The Bertz CT molecular complexity index is 1170. The molecule has 6 nitrogen and oxygen atoms in total. The number of likely N-dealkylation sites (tertiary alicyclic amines) is 1. The Labute approximate surface area is 188 Å². The van der Waals surface area contributed by atoms with Crippen molar-refractivity contribution in [2.24, 2.45) is 0 Å². The predicted octanol–water partition coefficient (Wildman–Crippen LogP) is 4.81. The molecule has 3 heterocycles. The van der Waals surface area contributed by atoms with E-state index in [2.05, 4.69) is 56.5 Å². The third-order valence-electron chi connectivity index (χ3n) is 6.19. The molecule has 1 fully saturated rings. The van der Waals surface area contributed by atoms with Crippen LogP contribution in [0.3, 0.4) is 0 Å². The van der Waals surface area contributed by atoms with Crippen molar-refractivity contribution in [3.05, 3.63) is 78.2 Å². The van der Waals surface area contributed by atoms with Crippen LogP contribution in [0.25, 0.3) is 22.0 Å². The van der Waals surface area contributed by atoms with Gasteiger partial charge in [0.05, 0.1) is 31.7 Å². The summed E-state index contributed by atoms with van der Waals surface area (Å²) in [5, 5.41) is 9.92. The molecule has 0 bridgehead atoms. The van der Waals surface area contributed by atoms with Gasteiger partial charge in [-0.05, 0) is 53.4 Å². The lowest BCUT2D eigenvalue weighted by Gasteiger charge is -2.31. The maximum atomic E-state index is 6.11. The molecule has 4 aromatic rings. The van der Waals surface area contributed by atoms with Gasteiger partial charge in [-0.3, -0.25) is 15.0 Å². The lowest BCUT2D eigenvalue weighted by atomic mass is 10.0. The smallest absolute Gasteiger partial charge is 0.119 e. The number of pyridine rings is 1. The highest BCUT2D eigenvalue weighted by molar-refractivity contribution is 5.88. The topological polar surface area (TPSA) is 63.3 Å². The van der Waals surface area contributed by atoms with Crippen LogP contribution >= 0.6 is 0 Å². The van der Waals surface area contributed by atoms with Crippen LogP contribution in [0.5, 0.6) is 5.75 Å². The summed E-state index contributed by atoms with van der Waals surface area (Å²) in [5.41, 5.74) is 4.61. The Morgan fingerprint density at radius 1 is 1.03 bits per heavy atom. The molecule has 164 valence electrons. The van der Waals surface area contributed by atoms with Crippen LogP contribution in [-0.4, -0.2) is 46.4 Å². The first kappa shape index (κ1) is 20.7. The van der Waals surface area contributed by atoms with Crippen molar-refractivity contribution in [1.29, 1.82) is 0 Å². The van der Waals surface area contributed by atoms with Crippen LogP contribution in [0.1, 0.15) is 24.0 Å². The molecule has 0 saturated carbocycles. The van der Waals surface area contributed by atoms with Crippen molar-refractivity contribution in [3.63, 3.8) is 0 Å². The van der Waals surface area contributed by atoms with E-state index < -0.39 is 0 Å². The van der Waals surface area contributed by atoms with Gasteiger partial charge in [0.1, 0.15) is 5.75 Å². The van der Waals surface area contributed by atoms with E-state index in [-0.39, 0.29) is 0 Å². The zero-order chi connectivity index (χ0) is 21.8. The molecule has 6 heteroatoms. The zero-order valence-electron chi connectivity index (χ0n) is 18.3. The summed E-state index contributed by atoms with van der Waals surface area (Å²) in [7, 11) is 1.70. The third kappa shape index (κ3) is 4.66. The predicted molar refractivity (Wildman–Crippen MR) is 125 cm³/mol. The highest BCUT2D eigenvalue weighted by atomic mass is 16.5. The minimum absolute atomic E-state index is 0.313. The number of nitrogens with one attached hydrogen (secondary N) is 1. The van der Waals surface area contributed by atoms with Gasteiger partial charge in [-0.15, -0.1) is 0 Å². The number of methoxy groups -OCH3 is 1. The summed E-state index contributed by atoms with van der Waals surface area (Å²) in [6.07, 6.45) is 8.03. The minimum atomic E-state index is 0.313. The standard InChI is InChI=1S/C26H28N4O2/c1-31-25-7-6-20-13-22(5-4-21(20)14-25)26-23(16-28-29-26)17-30-11-8-24(9-12-30)32-18-19-3-2-10-27-15-19/h2-7,10,13-16,24H,8-9,11-12,17-18H2,1H3,(H,28,29). The average Bonchev–Trinajstić information content (AvgIpc) is 3.31. The molecule has 2 aromatic carbocycles. The SMILES string of the molecule is COc1ccc2cc(-c3[nH]ncc3CN3CCC(OCc4cccnc4)CC3)ccc2c1. The van der Waals surface area contributed by atoms with Gasteiger partial charge in [-0.25, -0.2) is 0 Å². The van der Waals surface area contributed by atoms with Gasteiger partial charge >= 0.3 is 0 Å². The summed E-state index contributed by atoms with van der Waals surface area (Å²) >= 11 is 0. The molecule has 0 atom stereocenters. The summed E-state index contributed by atoms with van der Waals surface area (Å²) < 4.78 is 11.4. The normalized spacial score (nSPS) is 15.3. The molecule has 2 aromatic heterocycles. The van der Waals surface area contributed by atoms with E-state index in [0.717, 1.165) is 55.0 Å². The van der Waals surface area contributed by atoms with Crippen LogP contribution in [0.15, 0.2) is 67.1 Å². The van der Waals surface area contributed by atoms with Crippen LogP contribution in [0.4, 0.5) is 0 Å². The number of nitrogens with zero attached hydrogens (tertiary/aromatic N) is 3. The monoisotopic (exact) mass is 428 g/mol. The largest absolute Gasteiger partial charge is 0.497 e. The molecule has 1 saturated heterocycles. The quantitative estimate of drug-likeness (QED) is 0.457. The number of hydrogen-bond donors (Lipinski definition) is 1. The summed E-state index contributed by atoms with van der Waals surface area (Å²) in [6, 6.07) is 16.7. The molecule has 0 spiro atoms. The molecule has 1 aliphatic heterocycles. The lowest BCUT2D eigenvalue weighted by Crippen LogP contribution is -2.36. The van der Waals surface area contributed by atoms with Crippen LogP contribution in [0, 0.1) is 0 Å². The Morgan fingerprint density at radius 2 is 1.88 bits per heavy atom. The molecule has 0 aliphatic carbocycles. The molecule has 0 unspecified atom stereocenters. The maximum Gasteiger partial charge on any atom is 0.119 e. The van der Waals surface area contributed by atoms with Gasteiger partial charge in [0.25, 0.3) is 0 Å². The Morgan fingerprint density at radius 3 is 2.69 bits per heavy atom. The van der Waals surface area contributed by atoms with Crippen LogP contribution in [-0.2, 0) is 17.9 Å².